The Hall–Kier alpha value is -2.88. The molecule has 1 heterocycles. The molecule has 1 aliphatic rings. The van der Waals surface area contributed by atoms with Crippen LogP contribution in [0.25, 0.3) is 6.08 Å². The maximum absolute atomic E-state index is 12.9. The van der Waals surface area contributed by atoms with Crippen LogP contribution in [0.15, 0.2) is 74.5 Å². The largest absolute Gasteiger partial charge is 0.493 e. The Morgan fingerprint density at radius 3 is 2.43 bits per heavy atom. The van der Waals surface area contributed by atoms with Crippen LogP contribution in [0.4, 0.5) is 4.79 Å². The van der Waals surface area contributed by atoms with Crippen LogP contribution in [-0.2, 0) is 11.3 Å². The predicted molar refractivity (Wildman–Crippen MR) is 142 cm³/mol. The summed E-state index contributed by atoms with van der Waals surface area (Å²) in [5, 5.41) is -0.327. The molecule has 0 saturated carbocycles. The molecule has 1 saturated heterocycles. The number of amides is 2. The van der Waals surface area contributed by atoms with Gasteiger partial charge in [-0.05, 0) is 92.0 Å². The summed E-state index contributed by atoms with van der Waals surface area (Å²) in [6, 6.07) is 18.0. The first kappa shape index (κ1) is 25.2. The number of thioether (sulfide) groups is 1. The van der Waals surface area contributed by atoms with E-state index in [1.54, 1.807) is 42.5 Å². The molecule has 0 bridgehead atoms. The van der Waals surface area contributed by atoms with Gasteiger partial charge in [-0.1, -0.05) is 42.0 Å². The zero-order chi connectivity index (χ0) is 25.1. The molecule has 3 aromatic rings. The van der Waals surface area contributed by atoms with Crippen LogP contribution in [-0.4, -0.2) is 29.1 Å². The molecule has 6 nitrogen and oxygen atoms in total. The lowest BCUT2D eigenvalue weighted by molar-refractivity contribution is -0.123. The smallest absolute Gasteiger partial charge is 0.344 e. The number of imide groups is 1. The summed E-state index contributed by atoms with van der Waals surface area (Å²) in [5.74, 6) is -0.413. The van der Waals surface area contributed by atoms with Gasteiger partial charge < -0.3 is 9.47 Å². The third kappa shape index (κ3) is 5.69. The molecule has 0 spiro atoms. The fraction of sp³-hybridized carbons (Fsp3) is 0.115. The number of carbonyl (C=O) groups excluding carboxylic acids is 3. The SMILES string of the molecule is COc1cc(/C=C2\SC(=O)N(Cc3ccc(C)cc3)C2=O)cc(Br)c1OC(=O)c1ccccc1Br. The fourth-order valence-electron chi connectivity index (χ4n) is 3.36. The van der Waals surface area contributed by atoms with Gasteiger partial charge in [0.05, 0.1) is 28.6 Å². The highest BCUT2D eigenvalue weighted by Gasteiger charge is 2.35. The third-order valence-corrected chi connectivity index (χ3v) is 7.36. The van der Waals surface area contributed by atoms with Crippen molar-refractivity contribution in [1.29, 1.82) is 0 Å². The maximum Gasteiger partial charge on any atom is 0.344 e. The number of esters is 1. The molecule has 0 aromatic heterocycles. The Bertz CT molecular complexity index is 1350. The predicted octanol–water partition coefficient (Wildman–Crippen LogP) is 6.98. The second-order valence-corrected chi connectivity index (χ2v) is 10.4. The summed E-state index contributed by atoms with van der Waals surface area (Å²) < 4.78 is 12.1. The molecule has 1 fully saturated rings. The van der Waals surface area contributed by atoms with Gasteiger partial charge in [0.15, 0.2) is 11.5 Å². The summed E-state index contributed by atoms with van der Waals surface area (Å²) in [6.07, 6.45) is 1.62. The minimum Gasteiger partial charge on any atom is -0.493 e. The zero-order valence-electron chi connectivity index (χ0n) is 18.7. The molecule has 4 rings (SSSR count). The minimum absolute atomic E-state index is 0.206. The van der Waals surface area contributed by atoms with E-state index in [9.17, 15) is 14.4 Å². The summed E-state index contributed by atoms with van der Waals surface area (Å²) >= 11 is 7.66. The number of aryl methyl sites for hydroxylation is 1. The molecule has 0 atom stereocenters. The average molecular weight is 617 g/mol. The van der Waals surface area contributed by atoms with Crippen molar-refractivity contribution in [2.45, 2.75) is 13.5 Å². The highest BCUT2D eigenvalue weighted by Crippen LogP contribution is 2.40. The fourth-order valence-corrected chi connectivity index (χ4v) is 5.19. The first-order chi connectivity index (χ1) is 16.8. The molecule has 0 aliphatic carbocycles. The Morgan fingerprint density at radius 1 is 1.03 bits per heavy atom. The van der Waals surface area contributed by atoms with Crippen LogP contribution in [0.2, 0.25) is 0 Å². The van der Waals surface area contributed by atoms with Crippen LogP contribution < -0.4 is 9.47 Å². The lowest BCUT2D eigenvalue weighted by Gasteiger charge is -2.13. The molecule has 3 aromatic carbocycles. The molecule has 0 radical (unpaired) electrons. The Kier molecular flexibility index (Phi) is 7.78. The van der Waals surface area contributed by atoms with Gasteiger partial charge in [-0.25, -0.2) is 4.79 Å². The number of hydrogen-bond donors (Lipinski definition) is 0. The number of nitrogens with zero attached hydrogens (tertiary/aromatic N) is 1. The van der Waals surface area contributed by atoms with Crippen molar-refractivity contribution in [3.05, 3.63) is 96.8 Å². The van der Waals surface area contributed by atoms with E-state index in [-0.39, 0.29) is 23.4 Å². The zero-order valence-corrected chi connectivity index (χ0v) is 22.7. The summed E-state index contributed by atoms with van der Waals surface area (Å²) in [5.41, 5.74) is 2.95. The number of hydrogen-bond acceptors (Lipinski definition) is 6. The Labute approximate surface area is 223 Å². The van der Waals surface area contributed by atoms with E-state index in [4.69, 9.17) is 9.47 Å². The topological polar surface area (TPSA) is 72.9 Å². The lowest BCUT2D eigenvalue weighted by Crippen LogP contribution is -2.27. The van der Waals surface area contributed by atoms with Crippen LogP contribution >= 0.6 is 43.6 Å². The van der Waals surface area contributed by atoms with Gasteiger partial charge in [-0.2, -0.15) is 0 Å². The maximum atomic E-state index is 12.9. The molecule has 35 heavy (non-hydrogen) atoms. The molecular formula is C26H19Br2NO5S. The third-order valence-electron chi connectivity index (χ3n) is 5.17. The van der Waals surface area contributed by atoms with Gasteiger partial charge >= 0.3 is 5.97 Å². The summed E-state index contributed by atoms with van der Waals surface area (Å²) in [4.78, 5) is 39.6. The van der Waals surface area contributed by atoms with Crippen molar-refractivity contribution in [3.63, 3.8) is 0 Å². The van der Waals surface area contributed by atoms with Crippen LogP contribution in [0, 0.1) is 6.92 Å². The van der Waals surface area contributed by atoms with Crippen molar-refractivity contribution in [3.8, 4) is 11.5 Å². The number of rotatable bonds is 6. The molecular weight excluding hydrogens is 598 g/mol. The molecule has 1 aliphatic heterocycles. The summed E-state index contributed by atoms with van der Waals surface area (Å²) in [7, 11) is 1.46. The average Bonchev–Trinajstić information content (AvgIpc) is 3.09. The van der Waals surface area contributed by atoms with Gasteiger partial charge in [0.25, 0.3) is 11.1 Å². The molecule has 0 unspecified atom stereocenters. The van der Waals surface area contributed by atoms with Gasteiger partial charge in [0.2, 0.25) is 0 Å². The Morgan fingerprint density at radius 2 is 1.74 bits per heavy atom. The van der Waals surface area contributed by atoms with Gasteiger partial charge in [-0.3, -0.25) is 14.5 Å². The molecule has 0 N–H and O–H groups in total. The monoisotopic (exact) mass is 615 g/mol. The quantitative estimate of drug-likeness (QED) is 0.169. The van der Waals surface area contributed by atoms with Crippen LogP contribution in [0.5, 0.6) is 11.5 Å². The lowest BCUT2D eigenvalue weighted by atomic mass is 10.1. The van der Waals surface area contributed by atoms with Gasteiger partial charge in [-0.15, -0.1) is 0 Å². The van der Waals surface area contributed by atoms with Gasteiger partial charge in [0.1, 0.15) is 0 Å². The number of methoxy groups -OCH3 is 1. The van der Waals surface area contributed by atoms with Crippen molar-refractivity contribution in [1.82, 2.24) is 4.90 Å². The standard InChI is InChI=1S/C26H19Br2NO5S/c1-15-7-9-16(10-8-15)14-29-24(30)22(35-26(29)32)13-17-11-20(28)23(21(12-17)33-2)34-25(31)18-5-3-4-6-19(18)27/h3-13H,14H2,1-2H3/b22-13-. The first-order valence-corrected chi connectivity index (χ1v) is 12.8. The molecule has 2 amide bonds. The van der Waals surface area contributed by atoms with E-state index in [0.29, 0.717) is 30.7 Å². The van der Waals surface area contributed by atoms with E-state index in [1.165, 1.54) is 12.0 Å². The van der Waals surface area contributed by atoms with Gasteiger partial charge in [0, 0.05) is 4.47 Å². The van der Waals surface area contributed by atoms with E-state index < -0.39 is 5.97 Å². The van der Waals surface area contributed by atoms with Crippen molar-refractivity contribution < 1.29 is 23.9 Å². The van der Waals surface area contributed by atoms with Crippen molar-refractivity contribution in [2.24, 2.45) is 0 Å². The number of carbonyl (C=O) groups is 3. The highest BCUT2D eigenvalue weighted by atomic mass is 79.9. The number of halogens is 2. The van der Waals surface area contributed by atoms with E-state index in [2.05, 4.69) is 31.9 Å². The van der Waals surface area contributed by atoms with E-state index in [1.807, 2.05) is 31.2 Å². The van der Waals surface area contributed by atoms with E-state index >= 15 is 0 Å². The molecule has 9 heteroatoms. The van der Waals surface area contributed by atoms with Crippen LogP contribution in [0.3, 0.4) is 0 Å². The highest BCUT2D eigenvalue weighted by molar-refractivity contribution is 9.10. The van der Waals surface area contributed by atoms with Crippen molar-refractivity contribution >= 4 is 66.8 Å². The van der Waals surface area contributed by atoms with E-state index in [0.717, 1.165) is 22.9 Å². The van der Waals surface area contributed by atoms with Crippen molar-refractivity contribution in [2.75, 3.05) is 7.11 Å². The normalized spacial score (nSPS) is 14.5. The minimum atomic E-state index is -0.554. The number of ether oxygens (including phenoxy) is 2. The summed E-state index contributed by atoms with van der Waals surface area (Å²) in [6.45, 7) is 2.19. The first-order valence-electron chi connectivity index (χ1n) is 10.4. The number of benzene rings is 3. The second-order valence-electron chi connectivity index (χ2n) is 7.66. The second kappa shape index (κ2) is 10.8. The van der Waals surface area contributed by atoms with Crippen LogP contribution in [0.1, 0.15) is 27.0 Å². The Balaban J connectivity index is 1.57. The molecule has 178 valence electrons.